The molecule has 0 aromatic heterocycles. The Bertz CT molecular complexity index is 1110. The molecule has 4 nitrogen and oxygen atoms in total. The third-order valence-corrected chi connectivity index (χ3v) is 4.84. The van der Waals surface area contributed by atoms with Crippen molar-refractivity contribution in [2.45, 2.75) is 20.8 Å². The molecule has 0 spiro atoms. The van der Waals surface area contributed by atoms with Gasteiger partial charge in [-0.25, -0.2) is 14.0 Å². The van der Waals surface area contributed by atoms with Crippen molar-refractivity contribution in [2.75, 3.05) is 0 Å². The van der Waals surface area contributed by atoms with E-state index in [1.807, 2.05) is 6.07 Å². The molecule has 0 aliphatic carbocycles. The molecule has 162 valence electrons. The maximum Gasteiger partial charge on any atom is 0.338 e. The van der Waals surface area contributed by atoms with E-state index < -0.39 is 11.9 Å². The monoisotopic (exact) mass is 430 g/mol. The van der Waals surface area contributed by atoms with Crippen molar-refractivity contribution in [3.63, 3.8) is 0 Å². The van der Waals surface area contributed by atoms with Gasteiger partial charge in [0.2, 0.25) is 0 Å². The topological polar surface area (TPSA) is 52.6 Å². The van der Waals surface area contributed by atoms with Crippen LogP contribution in [0.4, 0.5) is 4.39 Å². The summed E-state index contributed by atoms with van der Waals surface area (Å²) < 4.78 is 25.6. The summed E-state index contributed by atoms with van der Waals surface area (Å²) in [7, 11) is 0. The molecule has 5 heteroatoms. The molecule has 0 saturated carbocycles. The number of rotatable bonds is 6. The fourth-order valence-electron chi connectivity index (χ4n) is 3.01. The first kappa shape index (κ1) is 22.7. The minimum Gasteiger partial charge on any atom is -0.423 e. The minimum atomic E-state index is -0.510. The molecular weight excluding hydrogens is 407 g/mol. The van der Waals surface area contributed by atoms with E-state index in [1.165, 1.54) is 0 Å². The van der Waals surface area contributed by atoms with Gasteiger partial charge in [0.25, 0.3) is 0 Å². The summed E-state index contributed by atoms with van der Waals surface area (Å²) in [5, 5.41) is 0. The molecule has 0 bridgehead atoms. The molecule has 32 heavy (non-hydrogen) atoms. The molecule has 0 radical (unpaired) electrons. The molecule has 3 aromatic carbocycles. The van der Waals surface area contributed by atoms with Gasteiger partial charge in [-0.1, -0.05) is 49.6 Å². The zero-order valence-corrected chi connectivity index (χ0v) is 18.2. The number of hydrogen-bond acceptors (Lipinski definition) is 4. The second-order valence-electron chi connectivity index (χ2n) is 7.49. The Morgan fingerprint density at radius 2 is 1.06 bits per heavy atom. The van der Waals surface area contributed by atoms with Crippen molar-refractivity contribution in [1.29, 1.82) is 0 Å². The Hall–Kier alpha value is -3.99. The summed E-state index contributed by atoms with van der Waals surface area (Å²) in [6, 6.07) is 17.0. The fourth-order valence-corrected chi connectivity index (χ4v) is 3.01. The number of esters is 2. The Kier molecular flexibility index (Phi) is 6.69. The minimum absolute atomic E-state index is 0.299. The van der Waals surface area contributed by atoms with Crippen LogP contribution in [0, 0.1) is 12.7 Å². The van der Waals surface area contributed by atoms with Crippen LogP contribution in [0.1, 0.15) is 19.4 Å². The molecule has 0 aliphatic rings. The van der Waals surface area contributed by atoms with E-state index >= 15 is 4.39 Å². The van der Waals surface area contributed by atoms with Crippen molar-refractivity contribution in [1.82, 2.24) is 0 Å². The van der Waals surface area contributed by atoms with Crippen LogP contribution in [-0.4, -0.2) is 11.9 Å². The molecule has 0 amide bonds. The quantitative estimate of drug-likeness (QED) is 0.257. The molecule has 3 aromatic rings. The van der Waals surface area contributed by atoms with Crippen molar-refractivity contribution in [3.05, 3.63) is 96.3 Å². The number of carbonyl (C=O) groups is 2. The highest BCUT2D eigenvalue weighted by Gasteiger charge is 2.14. The van der Waals surface area contributed by atoms with E-state index in [2.05, 4.69) is 13.2 Å². The zero-order chi connectivity index (χ0) is 23.4. The third-order valence-electron chi connectivity index (χ3n) is 4.84. The second kappa shape index (κ2) is 9.43. The lowest BCUT2D eigenvalue weighted by molar-refractivity contribution is -0.130. The number of hydrogen-bond donors (Lipinski definition) is 0. The number of benzene rings is 3. The smallest absolute Gasteiger partial charge is 0.338 e. The molecule has 0 heterocycles. The summed E-state index contributed by atoms with van der Waals surface area (Å²) in [6.07, 6.45) is 0. The first-order valence-electron chi connectivity index (χ1n) is 9.92. The van der Waals surface area contributed by atoms with Crippen LogP contribution in [-0.2, 0) is 9.59 Å². The summed E-state index contributed by atoms with van der Waals surface area (Å²) in [5.74, 6) is -0.590. The van der Waals surface area contributed by atoms with Gasteiger partial charge in [-0.3, -0.25) is 0 Å². The maximum absolute atomic E-state index is 15.2. The SMILES string of the molecule is C=C(C)C(=O)Oc1ccc(-c2ccc(-c3ccc(OC(=O)C(=C)C)cc3)c(F)c2C)cc1. The first-order valence-corrected chi connectivity index (χ1v) is 9.92. The first-order chi connectivity index (χ1) is 15.2. The van der Waals surface area contributed by atoms with Gasteiger partial charge in [0.15, 0.2) is 0 Å². The van der Waals surface area contributed by atoms with Gasteiger partial charge in [0.05, 0.1) is 0 Å². The van der Waals surface area contributed by atoms with Gasteiger partial charge in [0.1, 0.15) is 17.3 Å². The van der Waals surface area contributed by atoms with Crippen LogP contribution in [0.2, 0.25) is 0 Å². The highest BCUT2D eigenvalue weighted by Crippen LogP contribution is 2.33. The normalized spacial score (nSPS) is 10.4. The number of carbonyl (C=O) groups excluding carboxylic acids is 2. The van der Waals surface area contributed by atoms with Gasteiger partial charge in [-0.05, 0) is 67.3 Å². The predicted octanol–water partition coefficient (Wildman–Crippen LogP) is 6.43. The molecular formula is C27H23FO4. The van der Waals surface area contributed by atoms with E-state index in [0.717, 1.165) is 11.1 Å². The van der Waals surface area contributed by atoms with Crippen LogP contribution in [0.25, 0.3) is 22.3 Å². The van der Waals surface area contributed by atoms with Gasteiger partial charge in [-0.15, -0.1) is 0 Å². The van der Waals surface area contributed by atoms with Crippen LogP contribution >= 0.6 is 0 Å². The Labute approximate surface area is 186 Å². The molecule has 0 saturated heterocycles. The molecule has 0 aliphatic heterocycles. The van der Waals surface area contributed by atoms with Gasteiger partial charge >= 0.3 is 11.9 Å². The van der Waals surface area contributed by atoms with E-state index in [0.29, 0.717) is 39.3 Å². The van der Waals surface area contributed by atoms with Gasteiger partial charge in [-0.2, -0.15) is 0 Å². The summed E-state index contributed by atoms with van der Waals surface area (Å²) >= 11 is 0. The predicted molar refractivity (Wildman–Crippen MR) is 123 cm³/mol. The van der Waals surface area contributed by atoms with Crippen molar-refractivity contribution >= 4 is 11.9 Å². The largest absolute Gasteiger partial charge is 0.423 e. The van der Waals surface area contributed by atoms with Crippen LogP contribution in [0.3, 0.4) is 0 Å². The molecule has 0 fully saturated rings. The highest BCUT2D eigenvalue weighted by molar-refractivity contribution is 5.89. The Balaban J connectivity index is 1.84. The van der Waals surface area contributed by atoms with E-state index in [1.54, 1.807) is 75.4 Å². The Morgan fingerprint density at radius 3 is 1.47 bits per heavy atom. The Morgan fingerprint density at radius 1 is 0.688 bits per heavy atom. The third kappa shape index (κ3) is 5.01. The van der Waals surface area contributed by atoms with E-state index in [9.17, 15) is 9.59 Å². The average molecular weight is 430 g/mol. The van der Waals surface area contributed by atoms with Crippen molar-refractivity contribution in [3.8, 4) is 33.8 Å². The lowest BCUT2D eigenvalue weighted by Gasteiger charge is -2.13. The van der Waals surface area contributed by atoms with E-state index in [-0.39, 0.29) is 5.82 Å². The van der Waals surface area contributed by atoms with Crippen molar-refractivity contribution < 1.29 is 23.5 Å². The molecule has 0 N–H and O–H groups in total. The summed E-state index contributed by atoms with van der Waals surface area (Å²) in [4.78, 5) is 23.3. The fraction of sp³-hybridized carbons (Fsp3) is 0.111. The van der Waals surface area contributed by atoms with Crippen LogP contribution in [0.15, 0.2) is 85.0 Å². The van der Waals surface area contributed by atoms with Crippen molar-refractivity contribution in [2.24, 2.45) is 0 Å². The van der Waals surface area contributed by atoms with Gasteiger partial charge < -0.3 is 9.47 Å². The van der Waals surface area contributed by atoms with Crippen LogP contribution in [0.5, 0.6) is 11.5 Å². The number of halogens is 1. The standard InChI is InChI=1S/C27H23FO4/c1-16(2)26(29)31-21-10-6-19(7-11-21)23-14-15-24(25(28)18(23)5)20-8-12-22(13-9-20)32-27(30)17(3)4/h6-15H,1,3H2,2,4-5H3. The zero-order valence-electron chi connectivity index (χ0n) is 18.2. The average Bonchev–Trinajstić information content (AvgIpc) is 2.77. The lowest BCUT2D eigenvalue weighted by Crippen LogP contribution is -2.08. The summed E-state index contributed by atoms with van der Waals surface area (Å²) in [6.45, 7) is 12.0. The molecule has 0 atom stereocenters. The second-order valence-corrected chi connectivity index (χ2v) is 7.49. The molecule has 3 rings (SSSR count). The van der Waals surface area contributed by atoms with Crippen LogP contribution < -0.4 is 9.47 Å². The maximum atomic E-state index is 15.2. The highest BCUT2D eigenvalue weighted by atomic mass is 19.1. The molecule has 0 unspecified atom stereocenters. The van der Waals surface area contributed by atoms with Gasteiger partial charge in [0, 0.05) is 16.7 Å². The summed E-state index contributed by atoms with van der Waals surface area (Å²) in [5.41, 5.74) is 3.73. The lowest BCUT2D eigenvalue weighted by atomic mass is 9.95. The number of ether oxygens (including phenoxy) is 2. The van der Waals surface area contributed by atoms with E-state index in [4.69, 9.17) is 9.47 Å².